The summed E-state index contributed by atoms with van der Waals surface area (Å²) in [6.07, 6.45) is 0. The first-order valence-corrected chi connectivity index (χ1v) is 9.40. The lowest BCUT2D eigenvalue weighted by Gasteiger charge is -2.45. The highest BCUT2D eigenvalue weighted by molar-refractivity contribution is 7.99. The van der Waals surface area contributed by atoms with Crippen molar-refractivity contribution < 1.29 is 0 Å². The fraction of sp³-hybridized carbons (Fsp3) is 0.667. The third-order valence-electron chi connectivity index (χ3n) is 4.50. The van der Waals surface area contributed by atoms with Gasteiger partial charge in [0.15, 0.2) is 0 Å². The molecule has 1 aromatic carbocycles. The van der Waals surface area contributed by atoms with E-state index in [4.69, 9.17) is 0 Å². The van der Waals surface area contributed by atoms with E-state index in [9.17, 15) is 0 Å². The number of hydrogen-bond acceptors (Lipinski definition) is 3. The highest BCUT2D eigenvalue weighted by Gasteiger charge is 2.32. The van der Waals surface area contributed by atoms with E-state index >= 15 is 0 Å². The van der Waals surface area contributed by atoms with E-state index in [1.54, 1.807) is 0 Å². The predicted octanol–water partition coefficient (Wildman–Crippen LogP) is 3.80. The highest BCUT2D eigenvalue weighted by atomic mass is 32.2. The van der Waals surface area contributed by atoms with Crippen LogP contribution in [0.3, 0.4) is 0 Å². The maximum absolute atomic E-state index is 3.76. The van der Waals surface area contributed by atoms with Gasteiger partial charge in [-0.3, -0.25) is 4.90 Å². The van der Waals surface area contributed by atoms with Crippen LogP contribution in [0.2, 0.25) is 0 Å². The van der Waals surface area contributed by atoms with Gasteiger partial charge in [0.05, 0.1) is 0 Å². The lowest BCUT2D eigenvalue weighted by Crippen LogP contribution is -2.57. The lowest BCUT2D eigenvalue weighted by molar-refractivity contribution is 0.0848. The molecule has 0 aliphatic carbocycles. The normalized spacial score (nSPS) is 25.2. The van der Waals surface area contributed by atoms with Gasteiger partial charge in [-0.15, -0.1) is 0 Å². The van der Waals surface area contributed by atoms with E-state index < -0.39 is 0 Å². The minimum absolute atomic E-state index is 0.508. The van der Waals surface area contributed by atoms with Crippen LogP contribution in [0.5, 0.6) is 0 Å². The zero-order valence-corrected chi connectivity index (χ0v) is 14.7. The number of benzene rings is 1. The van der Waals surface area contributed by atoms with Crippen molar-refractivity contribution in [1.82, 2.24) is 10.2 Å². The topological polar surface area (TPSA) is 15.3 Å². The summed E-state index contributed by atoms with van der Waals surface area (Å²) in [5.41, 5.74) is 1.44. The Kier molecular flexibility index (Phi) is 6.59. The van der Waals surface area contributed by atoms with Crippen molar-refractivity contribution in [1.29, 1.82) is 0 Å². The summed E-state index contributed by atoms with van der Waals surface area (Å²) in [6, 6.07) is 12.7. The Morgan fingerprint density at radius 1 is 1.24 bits per heavy atom. The Morgan fingerprint density at radius 3 is 2.57 bits per heavy atom. The van der Waals surface area contributed by atoms with Crippen molar-refractivity contribution in [3.63, 3.8) is 0 Å². The highest BCUT2D eigenvalue weighted by Crippen LogP contribution is 2.28. The standard InChI is InChI=1S/C18H30N2S/c1-5-21-13-15(4)20-12-17(14(2)3)19-11-18(20)16-9-7-6-8-10-16/h6-10,14-15,17-19H,5,11-13H2,1-4H3. The first-order chi connectivity index (χ1) is 10.1. The third kappa shape index (κ3) is 4.48. The number of nitrogens with zero attached hydrogens (tertiary/aromatic N) is 1. The second kappa shape index (κ2) is 8.21. The van der Waals surface area contributed by atoms with E-state index in [2.05, 4.69) is 80.0 Å². The van der Waals surface area contributed by atoms with E-state index in [-0.39, 0.29) is 0 Å². The molecule has 3 heteroatoms. The summed E-state index contributed by atoms with van der Waals surface area (Å²) in [5.74, 6) is 3.13. The van der Waals surface area contributed by atoms with Gasteiger partial charge in [0.25, 0.3) is 0 Å². The Hall–Kier alpha value is -0.510. The van der Waals surface area contributed by atoms with E-state index in [0.717, 1.165) is 13.1 Å². The monoisotopic (exact) mass is 306 g/mol. The smallest absolute Gasteiger partial charge is 0.0476 e. The first-order valence-electron chi connectivity index (χ1n) is 8.25. The van der Waals surface area contributed by atoms with Crippen molar-refractivity contribution >= 4 is 11.8 Å². The summed E-state index contributed by atoms with van der Waals surface area (Å²) in [7, 11) is 0. The molecule has 0 bridgehead atoms. The molecule has 118 valence electrons. The van der Waals surface area contributed by atoms with Gasteiger partial charge >= 0.3 is 0 Å². The predicted molar refractivity (Wildman–Crippen MR) is 95.0 cm³/mol. The maximum atomic E-state index is 3.76. The molecule has 0 aromatic heterocycles. The van der Waals surface area contributed by atoms with Gasteiger partial charge in [-0.2, -0.15) is 11.8 Å². The van der Waals surface area contributed by atoms with Crippen LogP contribution < -0.4 is 5.32 Å². The van der Waals surface area contributed by atoms with Crippen LogP contribution in [0.25, 0.3) is 0 Å². The summed E-state index contributed by atoms with van der Waals surface area (Å²) < 4.78 is 0. The minimum atomic E-state index is 0.508. The molecule has 1 fully saturated rings. The zero-order valence-electron chi connectivity index (χ0n) is 13.9. The van der Waals surface area contributed by atoms with Crippen molar-refractivity contribution in [3.8, 4) is 0 Å². The molecule has 1 N–H and O–H groups in total. The Balaban J connectivity index is 2.13. The average Bonchev–Trinajstić information content (AvgIpc) is 2.52. The second-order valence-corrected chi connectivity index (χ2v) is 7.71. The van der Waals surface area contributed by atoms with Crippen LogP contribution in [0, 0.1) is 5.92 Å². The van der Waals surface area contributed by atoms with Crippen LogP contribution >= 0.6 is 11.8 Å². The number of thioether (sulfide) groups is 1. The Morgan fingerprint density at radius 2 is 1.95 bits per heavy atom. The molecule has 0 amide bonds. The molecule has 0 spiro atoms. The van der Waals surface area contributed by atoms with E-state index in [1.807, 2.05) is 0 Å². The number of hydrogen-bond donors (Lipinski definition) is 1. The second-order valence-electron chi connectivity index (χ2n) is 6.39. The quantitative estimate of drug-likeness (QED) is 0.860. The zero-order chi connectivity index (χ0) is 15.2. The van der Waals surface area contributed by atoms with E-state index in [1.165, 1.54) is 17.1 Å². The molecular formula is C18H30N2S. The number of nitrogens with one attached hydrogen (secondary N) is 1. The first kappa shape index (κ1) is 16.9. The van der Waals surface area contributed by atoms with Crippen LogP contribution in [-0.4, -0.2) is 41.6 Å². The van der Waals surface area contributed by atoms with Crippen molar-refractivity contribution in [2.24, 2.45) is 5.92 Å². The van der Waals surface area contributed by atoms with E-state index in [0.29, 0.717) is 24.0 Å². The van der Waals surface area contributed by atoms with Crippen LogP contribution in [-0.2, 0) is 0 Å². The van der Waals surface area contributed by atoms with Gasteiger partial charge in [-0.1, -0.05) is 51.1 Å². The van der Waals surface area contributed by atoms with Crippen molar-refractivity contribution in [2.45, 2.75) is 45.8 Å². The molecule has 21 heavy (non-hydrogen) atoms. The molecule has 3 unspecified atom stereocenters. The largest absolute Gasteiger partial charge is 0.311 e. The molecule has 1 aromatic rings. The van der Waals surface area contributed by atoms with Crippen LogP contribution in [0.4, 0.5) is 0 Å². The number of rotatable bonds is 6. The molecule has 1 saturated heterocycles. The summed E-state index contributed by atoms with van der Waals surface area (Å²) in [4.78, 5) is 2.72. The van der Waals surface area contributed by atoms with Crippen molar-refractivity contribution in [3.05, 3.63) is 35.9 Å². The molecule has 3 atom stereocenters. The molecule has 0 radical (unpaired) electrons. The van der Waals surface area contributed by atoms with Gasteiger partial charge in [0, 0.05) is 37.0 Å². The van der Waals surface area contributed by atoms with Crippen molar-refractivity contribution in [2.75, 3.05) is 24.6 Å². The molecule has 2 rings (SSSR count). The minimum Gasteiger partial charge on any atom is -0.311 e. The Bertz CT molecular complexity index is 407. The molecular weight excluding hydrogens is 276 g/mol. The van der Waals surface area contributed by atoms with Gasteiger partial charge in [0.2, 0.25) is 0 Å². The molecule has 2 nitrogen and oxygen atoms in total. The third-order valence-corrected chi connectivity index (χ3v) is 5.63. The maximum Gasteiger partial charge on any atom is 0.0476 e. The summed E-state index contributed by atoms with van der Waals surface area (Å²) in [6.45, 7) is 11.5. The molecule has 1 aliphatic heterocycles. The molecule has 1 aliphatic rings. The SMILES string of the molecule is CCSCC(C)N1CC(C(C)C)NCC1c1ccccc1. The van der Waals surface area contributed by atoms with Gasteiger partial charge in [-0.25, -0.2) is 0 Å². The Labute approximate surface area is 134 Å². The fourth-order valence-corrected chi connectivity index (χ4v) is 3.87. The van der Waals surface area contributed by atoms with Gasteiger partial charge in [-0.05, 0) is 24.2 Å². The summed E-state index contributed by atoms with van der Waals surface area (Å²) in [5, 5.41) is 3.76. The average molecular weight is 307 g/mol. The number of piperazine rings is 1. The molecule has 0 saturated carbocycles. The molecule has 1 heterocycles. The summed E-state index contributed by atoms with van der Waals surface area (Å²) >= 11 is 2.05. The van der Waals surface area contributed by atoms with Gasteiger partial charge < -0.3 is 5.32 Å². The van der Waals surface area contributed by atoms with Crippen LogP contribution in [0.15, 0.2) is 30.3 Å². The van der Waals surface area contributed by atoms with Crippen LogP contribution in [0.1, 0.15) is 39.3 Å². The fourth-order valence-electron chi connectivity index (χ4n) is 3.10. The lowest BCUT2D eigenvalue weighted by atomic mass is 9.95. The van der Waals surface area contributed by atoms with Gasteiger partial charge in [0.1, 0.15) is 0 Å².